The van der Waals surface area contributed by atoms with Crippen molar-refractivity contribution in [3.8, 4) is 0 Å². The Morgan fingerprint density at radius 2 is 2.00 bits per heavy atom. The third kappa shape index (κ3) is 2.50. The van der Waals surface area contributed by atoms with Crippen molar-refractivity contribution in [2.45, 2.75) is 6.04 Å². The van der Waals surface area contributed by atoms with Crippen molar-refractivity contribution in [1.29, 1.82) is 0 Å². The van der Waals surface area contributed by atoms with Crippen LogP contribution in [0.1, 0.15) is 17.2 Å². The van der Waals surface area contributed by atoms with E-state index in [2.05, 4.69) is 20.9 Å². The molecule has 0 fully saturated rings. The van der Waals surface area contributed by atoms with Crippen LogP contribution in [-0.2, 0) is 0 Å². The number of nitrogens with two attached hydrogens (primary N) is 1. The van der Waals surface area contributed by atoms with E-state index in [0.717, 1.165) is 6.20 Å². The molecule has 5 heteroatoms. The lowest BCUT2D eigenvalue weighted by atomic mass is 10.0. The predicted octanol–water partition coefficient (Wildman–Crippen LogP) is 3.17. The summed E-state index contributed by atoms with van der Waals surface area (Å²) in [4.78, 5) is 3.72. The molecule has 1 atom stereocenters. The average molecular weight is 299 g/mol. The van der Waals surface area contributed by atoms with Gasteiger partial charge in [-0.05, 0) is 39.2 Å². The molecule has 1 heterocycles. The van der Waals surface area contributed by atoms with E-state index in [-0.39, 0.29) is 4.47 Å². The zero-order valence-corrected chi connectivity index (χ0v) is 10.3. The lowest BCUT2D eigenvalue weighted by Crippen LogP contribution is -2.13. The van der Waals surface area contributed by atoms with Gasteiger partial charge < -0.3 is 5.73 Å². The zero-order chi connectivity index (χ0) is 12.4. The maximum absolute atomic E-state index is 13.3. The van der Waals surface area contributed by atoms with E-state index in [1.54, 1.807) is 12.1 Å². The number of nitrogens with zero attached hydrogens (tertiary/aromatic N) is 1. The molecule has 0 aliphatic rings. The highest BCUT2D eigenvalue weighted by Crippen LogP contribution is 2.28. The van der Waals surface area contributed by atoms with Crippen molar-refractivity contribution in [3.63, 3.8) is 0 Å². The van der Waals surface area contributed by atoms with E-state index in [1.807, 2.05) is 0 Å². The highest BCUT2D eigenvalue weighted by atomic mass is 79.9. The summed E-state index contributed by atoms with van der Waals surface area (Å²) in [7, 11) is 0. The first-order valence-electron chi connectivity index (χ1n) is 4.89. The fourth-order valence-electron chi connectivity index (χ4n) is 1.54. The van der Waals surface area contributed by atoms with Crippen LogP contribution >= 0.6 is 15.9 Å². The van der Waals surface area contributed by atoms with Crippen LogP contribution in [0, 0.1) is 11.6 Å². The monoisotopic (exact) mass is 298 g/mol. The maximum atomic E-state index is 13.3. The van der Waals surface area contributed by atoms with E-state index in [0.29, 0.717) is 11.1 Å². The number of aromatic nitrogens is 1. The second-order valence-electron chi connectivity index (χ2n) is 3.56. The van der Waals surface area contributed by atoms with Crippen LogP contribution < -0.4 is 5.73 Å². The van der Waals surface area contributed by atoms with Crippen LogP contribution in [0.25, 0.3) is 0 Å². The van der Waals surface area contributed by atoms with E-state index in [4.69, 9.17) is 5.73 Å². The standard InChI is InChI=1S/C12H9BrF2N2/c13-11-9(2-1-3-10(11)15)12(16)7-4-8(14)6-17-5-7/h1-6,12H,16H2. The Morgan fingerprint density at radius 1 is 1.24 bits per heavy atom. The van der Waals surface area contributed by atoms with Gasteiger partial charge in [0.05, 0.1) is 16.7 Å². The molecule has 1 aromatic heterocycles. The van der Waals surface area contributed by atoms with Crippen molar-refractivity contribution < 1.29 is 8.78 Å². The minimum Gasteiger partial charge on any atom is -0.320 e. The molecule has 2 N–H and O–H groups in total. The van der Waals surface area contributed by atoms with Gasteiger partial charge in [0.25, 0.3) is 0 Å². The molecule has 0 bridgehead atoms. The van der Waals surface area contributed by atoms with Gasteiger partial charge in [-0.2, -0.15) is 0 Å². The van der Waals surface area contributed by atoms with Crippen LogP contribution in [-0.4, -0.2) is 4.98 Å². The Hall–Kier alpha value is -1.33. The van der Waals surface area contributed by atoms with Crippen LogP contribution in [0.3, 0.4) is 0 Å². The van der Waals surface area contributed by atoms with Crippen LogP contribution in [0.2, 0.25) is 0 Å². The molecule has 0 spiro atoms. The first-order chi connectivity index (χ1) is 8.09. The normalized spacial score (nSPS) is 12.5. The predicted molar refractivity (Wildman–Crippen MR) is 64.3 cm³/mol. The molecular formula is C12H9BrF2N2. The van der Waals surface area contributed by atoms with Gasteiger partial charge >= 0.3 is 0 Å². The Bertz CT molecular complexity index is 546. The second kappa shape index (κ2) is 4.89. The molecule has 2 aromatic rings. The van der Waals surface area contributed by atoms with Gasteiger partial charge in [0, 0.05) is 6.20 Å². The van der Waals surface area contributed by atoms with E-state index < -0.39 is 17.7 Å². The zero-order valence-electron chi connectivity index (χ0n) is 8.70. The molecule has 17 heavy (non-hydrogen) atoms. The van der Waals surface area contributed by atoms with Gasteiger partial charge in [-0.3, -0.25) is 4.98 Å². The lowest BCUT2D eigenvalue weighted by molar-refractivity contribution is 0.611. The lowest BCUT2D eigenvalue weighted by Gasteiger charge is -2.14. The largest absolute Gasteiger partial charge is 0.320 e. The van der Waals surface area contributed by atoms with Gasteiger partial charge in [0.1, 0.15) is 11.6 Å². The molecule has 1 unspecified atom stereocenters. The van der Waals surface area contributed by atoms with Crippen molar-refractivity contribution in [3.05, 3.63) is 63.9 Å². The summed E-state index contributed by atoms with van der Waals surface area (Å²) in [5.41, 5.74) is 7.00. The van der Waals surface area contributed by atoms with Gasteiger partial charge in [0.2, 0.25) is 0 Å². The molecule has 0 saturated carbocycles. The molecule has 0 saturated heterocycles. The van der Waals surface area contributed by atoms with Gasteiger partial charge in [-0.25, -0.2) is 8.78 Å². The van der Waals surface area contributed by atoms with Crippen LogP contribution in [0.5, 0.6) is 0 Å². The molecule has 0 aliphatic heterocycles. The Balaban J connectivity index is 2.44. The van der Waals surface area contributed by atoms with Crippen LogP contribution in [0.4, 0.5) is 8.78 Å². The number of pyridine rings is 1. The van der Waals surface area contributed by atoms with E-state index >= 15 is 0 Å². The smallest absolute Gasteiger partial charge is 0.141 e. The summed E-state index contributed by atoms with van der Waals surface area (Å²) in [6.07, 6.45) is 2.56. The fraction of sp³-hybridized carbons (Fsp3) is 0.0833. The highest BCUT2D eigenvalue weighted by Gasteiger charge is 2.15. The quantitative estimate of drug-likeness (QED) is 0.925. The summed E-state index contributed by atoms with van der Waals surface area (Å²) in [6, 6.07) is 5.23. The Kier molecular flexibility index (Phi) is 3.49. The molecule has 1 aromatic carbocycles. The van der Waals surface area contributed by atoms with Crippen molar-refractivity contribution in [2.75, 3.05) is 0 Å². The third-order valence-electron chi connectivity index (χ3n) is 2.40. The molecule has 0 aliphatic carbocycles. The summed E-state index contributed by atoms with van der Waals surface area (Å²) < 4.78 is 26.7. The molecule has 0 radical (unpaired) electrons. The third-order valence-corrected chi connectivity index (χ3v) is 3.24. The van der Waals surface area contributed by atoms with Gasteiger partial charge in [0.15, 0.2) is 0 Å². The van der Waals surface area contributed by atoms with Gasteiger partial charge in [-0.1, -0.05) is 12.1 Å². The number of halogens is 3. The fourth-order valence-corrected chi connectivity index (χ4v) is 2.05. The van der Waals surface area contributed by atoms with Crippen molar-refractivity contribution in [1.82, 2.24) is 4.98 Å². The van der Waals surface area contributed by atoms with E-state index in [9.17, 15) is 8.78 Å². The molecule has 2 rings (SSSR count). The summed E-state index contributed by atoms with van der Waals surface area (Å²) in [5, 5.41) is 0. The second-order valence-corrected chi connectivity index (χ2v) is 4.35. The van der Waals surface area contributed by atoms with E-state index in [1.165, 1.54) is 18.3 Å². The molecular weight excluding hydrogens is 290 g/mol. The summed E-state index contributed by atoms with van der Waals surface area (Å²) >= 11 is 3.13. The first-order valence-corrected chi connectivity index (χ1v) is 5.69. The average Bonchev–Trinajstić information content (AvgIpc) is 2.32. The van der Waals surface area contributed by atoms with Crippen molar-refractivity contribution in [2.24, 2.45) is 5.73 Å². The number of rotatable bonds is 2. The molecule has 0 amide bonds. The molecule has 2 nitrogen and oxygen atoms in total. The van der Waals surface area contributed by atoms with Crippen LogP contribution in [0.15, 0.2) is 41.1 Å². The topological polar surface area (TPSA) is 38.9 Å². The Morgan fingerprint density at radius 3 is 2.71 bits per heavy atom. The Labute approximate surface area is 106 Å². The SMILES string of the molecule is NC(c1cncc(F)c1)c1cccc(F)c1Br. The minimum atomic E-state index is -0.622. The highest BCUT2D eigenvalue weighted by molar-refractivity contribution is 9.10. The minimum absolute atomic E-state index is 0.289. The number of benzene rings is 1. The first kappa shape index (κ1) is 12.1. The van der Waals surface area contributed by atoms with Gasteiger partial charge in [-0.15, -0.1) is 0 Å². The summed E-state index contributed by atoms with van der Waals surface area (Å²) in [5.74, 6) is -0.868. The summed E-state index contributed by atoms with van der Waals surface area (Å²) in [6.45, 7) is 0. The number of hydrogen-bond acceptors (Lipinski definition) is 2. The van der Waals surface area contributed by atoms with Crippen molar-refractivity contribution >= 4 is 15.9 Å². The molecule has 88 valence electrons. The maximum Gasteiger partial charge on any atom is 0.141 e. The number of hydrogen-bond donors (Lipinski definition) is 1.